The van der Waals surface area contributed by atoms with Gasteiger partial charge >= 0.3 is 0 Å². The fourth-order valence-electron chi connectivity index (χ4n) is 1.95. The highest BCUT2D eigenvalue weighted by atomic mass is 14.8. The van der Waals surface area contributed by atoms with E-state index in [1.165, 1.54) is 6.33 Å². The quantitative estimate of drug-likeness (QED) is 0.739. The van der Waals surface area contributed by atoms with Crippen LogP contribution in [0.15, 0.2) is 55.2 Å². The monoisotopic (exact) mass is 236 g/mol. The summed E-state index contributed by atoms with van der Waals surface area (Å²) in [6.45, 7) is 0. The number of fused-ring (bicyclic) bond motifs is 1. The first-order chi connectivity index (χ1) is 8.84. The molecule has 0 radical (unpaired) electrons. The average molecular weight is 236 g/mol. The van der Waals surface area contributed by atoms with E-state index in [1.54, 1.807) is 18.6 Å². The molecule has 0 aliphatic rings. The molecule has 0 saturated carbocycles. The minimum Gasteiger partial charge on any atom is -0.320 e. The standard InChI is InChI=1S/C14H12N4/c15-14(12-7-16-9-17-8-12)11-3-4-13-10(6-11)2-1-5-18-13/h1-9,14H,15H2. The SMILES string of the molecule is NC(c1cncnc1)c1ccc2ncccc2c1. The first kappa shape index (κ1) is 10.8. The number of nitrogens with zero attached hydrogens (tertiary/aromatic N) is 3. The lowest BCUT2D eigenvalue weighted by atomic mass is 10.0. The summed E-state index contributed by atoms with van der Waals surface area (Å²) >= 11 is 0. The van der Waals surface area contributed by atoms with E-state index in [-0.39, 0.29) is 6.04 Å². The van der Waals surface area contributed by atoms with Gasteiger partial charge in [-0.15, -0.1) is 0 Å². The van der Waals surface area contributed by atoms with Gasteiger partial charge in [0.05, 0.1) is 11.6 Å². The van der Waals surface area contributed by atoms with Crippen molar-refractivity contribution in [3.05, 3.63) is 66.4 Å². The van der Waals surface area contributed by atoms with E-state index in [4.69, 9.17) is 5.73 Å². The molecular formula is C14H12N4. The summed E-state index contributed by atoms with van der Waals surface area (Å²) < 4.78 is 0. The molecular weight excluding hydrogens is 224 g/mol. The number of pyridine rings is 1. The van der Waals surface area contributed by atoms with Gasteiger partial charge in [0.25, 0.3) is 0 Å². The molecule has 0 aliphatic carbocycles. The minimum atomic E-state index is -0.212. The fourth-order valence-corrected chi connectivity index (χ4v) is 1.95. The Kier molecular flexibility index (Phi) is 2.70. The normalized spacial score (nSPS) is 12.5. The van der Waals surface area contributed by atoms with Crippen molar-refractivity contribution >= 4 is 10.9 Å². The van der Waals surface area contributed by atoms with Gasteiger partial charge in [-0.2, -0.15) is 0 Å². The van der Waals surface area contributed by atoms with Crippen molar-refractivity contribution in [2.24, 2.45) is 5.73 Å². The Morgan fingerprint density at radius 2 is 1.83 bits per heavy atom. The molecule has 0 fully saturated rings. The van der Waals surface area contributed by atoms with E-state index in [2.05, 4.69) is 21.0 Å². The third-order valence-corrected chi connectivity index (χ3v) is 2.93. The highest BCUT2D eigenvalue weighted by molar-refractivity contribution is 5.79. The summed E-state index contributed by atoms with van der Waals surface area (Å²) in [4.78, 5) is 12.3. The molecule has 1 aromatic carbocycles. The summed E-state index contributed by atoms with van der Waals surface area (Å²) in [6.07, 6.45) is 6.77. The second-order valence-electron chi connectivity index (χ2n) is 4.11. The molecule has 1 atom stereocenters. The number of hydrogen-bond donors (Lipinski definition) is 1. The number of rotatable bonds is 2. The molecule has 3 rings (SSSR count). The van der Waals surface area contributed by atoms with Crippen LogP contribution < -0.4 is 5.73 Å². The molecule has 2 aromatic heterocycles. The minimum absolute atomic E-state index is 0.212. The van der Waals surface area contributed by atoms with Gasteiger partial charge in [-0.05, 0) is 23.8 Å². The molecule has 1 unspecified atom stereocenters. The number of aromatic nitrogens is 3. The van der Waals surface area contributed by atoms with Crippen LogP contribution in [0.5, 0.6) is 0 Å². The molecule has 2 N–H and O–H groups in total. The van der Waals surface area contributed by atoms with Crippen molar-refractivity contribution < 1.29 is 0 Å². The zero-order valence-corrected chi connectivity index (χ0v) is 9.69. The van der Waals surface area contributed by atoms with Crippen molar-refractivity contribution in [2.45, 2.75) is 6.04 Å². The zero-order chi connectivity index (χ0) is 12.4. The van der Waals surface area contributed by atoms with Crippen LogP contribution in [0.1, 0.15) is 17.2 Å². The summed E-state index contributed by atoms with van der Waals surface area (Å²) in [5.41, 5.74) is 9.11. The van der Waals surface area contributed by atoms with E-state index in [0.717, 1.165) is 22.0 Å². The molecule has 18 heavy (non-hydrogen) atoms. The lowest BCUT2D eigenvalue weighted by molar-refractivity contribution is 0.852. The zero-order valence-electron chi connectivity index (χ0n) is 9.69. The van der Waals surface area contributed by atoms with Gasteiger partial charge in [-0.3, -0.25) is 4.98 Å². The lowest BCUT2D eigenvalue weighted by Gasteiger charge is -2.12. The van der Waals surface area contributed by atoms with Crippen molar-refractivity contribution in [2.75, 3.05) is 0 Å². The van der Waals surface area contributed by atoms with Crippen LogP contribution in [0.25, 0.3) is 10.9 Å². The van der Waals surface area contributed by atoms with Crippen LogP contribution in [-0.4, -0.2) is 15.0 Å². The third kappa shape index (κ3) is 1.94. The summed E-state index contributed by atoms with van der Waals surface area (Å²) in [5, 5.41) is 1.09. The van der Waals surface area contributed by atoms with Crippen molar-refractivity contribution in [3.63, 3.8) is 0 Å². The van der Waals surface area contributed by atoms with E-state index in [0.29, 0.717) is 0 Å². The Morgan fingerprint density at radius 3 is 2.67 bits per heavy atom. The van der Waals surface area contributed by atoms with Crippen LogP contribution in [0.4, 0.5) is 0 Å². The van der Waals surface area contributed by atoms with Crippen LogP contribution in [-0.2, 0) is 0 Å². The van der Waals surface area contributed by atoms with Crippen molar-refractivity contribution in [1.29, 1.82) is 0 Å². The first-order valence-electron chi connectivity index (χ1n) is 5.70. The maximum atomic E-state index is 6.21. The number of benzene rings is 1. The molecule has 4 heteroatoms. The molecule has 0 bridgehead atoms. The smallest absolute Gasteiger partial charge is 0.115 e. The third-order valence-electron chi connectivity index (χ3n) is 2.93. The van der Waals surface area contributed by atoms with Crippen LogP contribution in [0.3, 0.4) is 0 Å². The largest absolute Gasteiger partial charge is 0.320 e. The van der Waals surface area contributed by atoms with Gasteiger partial charge in [-0.25, -0.2) is 9.97 Å². The topological polar surface area (TPSA) is 64.7 Å². The summed E-state index contributed by atoms with van der Waals surface area (Å²) in [7, 11) is 0. The van der Waals surface area contributed by atoms with Gasteiger partial charge < -0.3 is 5.73 Å². The van der Waals surface area contributed by atoms with Crippen LogP contribution in [0.2, 0.25) is 0 Å². The molecule has 3 aromatic rings. The van der Waals surface area contributed by atoms with Gasteiger partial charge in [-0.1, -0.05) is 12.1 Å². The Bertz CT molecular complexity index is 667. The second kappa shape index (κ2) is 4.50. The first-order valence-corrected chi connectivity index (χ1v) is 5.70. The maximum absolute atomic E-state index is 6.21. The highest BCUT2D eigenvalue weighted by Gasteiger charge is 2.09. The van der Waals surface area contributed by atoms with Crippen LogP contribution in [0, 0.1) is 0 Å². The Hall–Kier alpha value is -2.33. The summed E-state index contributed by atoms with van der Waals surface area (Å²) in [6, 6.07) is 9.76. The summed E-state index contributed by atoms with van der Waals surface area (Å²) in [5.74, 6) is 0. The van der Waals surface area contributed by atoms with Gasteiger partial charge in [0.15, 0.2) is 0 Å². The molecule has 0 saturated heterocycles. The van der Waals surface area contributed by atoms with Gasteiger partial charge in [0.2, 0.25) is 0 Å². The van der Waals surface area contributed by atoms with Gasteiger partial charge in [0, 0.05) is 29.5 Å². The molecule has 4 nitrogen and oxygen atoms in total. The Balaban J connectivity index is 2.04. The number of hydrogen-bond acceptors (Lipinski definition) is 4. The predicted molar refractivity (Wildman–Crippen MR) is 69.8 cm³/mol. The predicted octanol–water partition coefficient (Wildman–Crippen LogP) is 2.07. The Morgan fingerprint density at radius 1 is 1.00 bits per heavy atom. The molecule has 0 amide bonds. The molecule has 0 aliphatic heterocycles. The Labute approximate surface area is 105 Å². The van der Waals surface area contributed by atoms with E-state index in [9.17, 15) is 0 Å². The highest BCUT2D eigenvalue weighted by Crippen LogP contribution is 2.21. The maximum Gasteiger partial charge on any atom is 0.115 e. The van der Waals surface area contributed by atoms with Crippen molar-refractivity contribution in [1.82, 2.24) is 15.0 Å². The fraction of sp³-hybridized carbons (Fsp3) is 0.0714. The molecule has 2 heterocycles. The van der Waals surface area contributed by atoms with E-state index >= 15 is 0 Å². The molecule has 0 spiro atoms. The number of nitrogens with two attached hydrogens (primary N) is 1. The van der Waals surface area contributed by atoms with Crippen LogP contribution >= 0.6 is 0 Å². The molecule has 88 valence electrons. The lowest BCUT2D eigenvalue weighted by Crippen LogP contribution is -2.12. The van der Waals surface area contributed by atoms with Crippen molar-refractivity contribution in [3.8, 4) is 0 Å². The second-order valence-corrected chi connectivity index (χ2v) is 4.11. The van der Waals surface area contributed by atoms with E-state index in [1.807, 2.05) is 24.3 Å². The van der Waals surface area contributed by atoms with Gasteiger partial charge in [0.1, 0.15) is 6.33 Å². The van der Waals surface area contributed by atoms with E-state index < -0.39 is 0 Å². The average Bonchev–Trinajstić information content (AvgIpc) is 2.47.